The van der Waals surface area contributed by atoms with E-state index in [9.17, 15) is 13.2 Å². The fourth-order valence-electron chi connectivity index (χ4n) is 1.51. The van der Waals surface area contributed by atoms with Gasteiger partial charge in [0, 0.05) is 10.7 Å². The minimum Gasteiger partial charge on any atom is -0.483 e. The standard InChI is InChI=1S/C12H13ClN2O4S/c1-8-6-11(20(13,17)18)9(2)5-10(8)19-7-12(16)15-4-3-14/h5-6H,4,7H2,1-2H3,(H,15,16). The van der Waals surface area contributed by atoms with Gasteiger partial charge in [0.05, 0.1) is 11.0 Å². The van der Waals surface area contributed by atoms with Crippen LogP contribution in [0.15, 0.2) is 17.0 Å². The summed E-state index contributed by atoms with van der Waals surface area (Å²) in [6.07, 6.45) is 0. The van der Waals surface area contributed by atoms with Crippen molar-refractivity contribution in [2.24, 2.45) is 0 Å². The molecule has 20 heavy (non-hydrogen) atoms. The number of aryl methyl sites for hydroxylation is 2. The van der Waals surface area contributed by atoms with Gasteiger partial charge in [-0.1, -0.05) is 0 Å². The summed E-state index contributed by atoms with van der Waals surface area (Å²) in [6, 6.07) is 4.66. The van der Waals surface area contributed by atoms with Gasteiger partial charge in [0.25, 0.3) is 15.0 Å². The van der Waals surface area contributed by atoms with E-state index in [2.05, 4.69) is 5.32 Å². The van der Waals surface area contributed by atoms with E-state index in [-0.39, 0.29) is 18.0 Å². The smallest absolute Gasteiger partial charge is 0.261 e. The zero-order valence-electron chi connectivity index (χ0n) is 10.9. The van der Waals surface area contributed by atoms with Crippen molar-refractivity contribution in [2.75, 3.05) is 13.2 Å². The van der Waals surface area contributed by atoms with Crippen molar-refractivity contribution in [3.8, 4) is 11.8 Å². The molecule has 0 fully saturated rings. The highest BCUT2D eigenvalue weighted by molar-refractivity contribution is 8.13. The van der Waals surface area contributed by atoms with Crippen LogP contribution in [-0.4, -0.2) is 27.5 Å². The van der Waals surface area contributed by atoms with Gasteiger partial charge in [0.15, 0.2) is 6.61 Å². The molecule has 0 atom stereocenters. The number of carbonyl (C=O) groups excluding carboxylic acids is 1. The van der Waals surface area contributed by atoms with Gasteiger partial charge in [-0.25, -0.2) is 8.42 Å². The molecule has 0 bridgehead atoms. The molecule has 0 saturated carbocycles. The molecule has 0 spiro atoms. The second-order valence-corrected chi connectivity index (χ2v) is 6.58. The number of ether oxygens (including phenoxy) is 1. The highest BCUT2D eigenvalue weighted by Gasteiger charge is 2.16. The van der Waals surface area contributed by atoms with Crippen molar-refractivity contribution in [2.45, 2.75) is 18.7 Å². The van der Waals surface area contributed by atoms with Crippen molar-refractivity contribution in [3.63, 3.8) is 0 Å². The van der Waals surface area contributed by atoms with Crippen LogP contribution < -0.4 is 10.1 Å². The Balaban J connectivity index is 2.87. The molecular formula is C12H13ClN2O4S. The largest absolute Gasteiger partial charge is 0.483 e. The lowest BCUT2D eigenvalue weighted by Gasteiger charge is -2.11. The molecule has 1 aromatic rings. The number of rotatable bonds is 5. The van der Waals surface area contributed by atoms with Crippen LogP contribution in [0.25, 0.3) is 0 Å². The lowest BCUT2D eigenvalue weighted by atomic mass is 10.1. The van der Waals surface area contributed by atoms with Crippen LogP contribution in [0.3, 0.4) is 0 Å². The normalized spacial score (nSPS) is 10.7. The molecule has 6 nitrogen and oxygen atoms in total. The first-order valence-electron chi connectivity index (χ1n) is 5.58. The minimum atomic E-state index is -3.81. The Morgan fingerprint density at radius 2 is 2.05 bits per heavy atom. The maximum Gasteiger partial charge on any atom is 0.261 e. The molecule has 0 radical (unpaired) electrons. The first-order valence-corrected chi connectivity index (χ1v) is 7.89. The average molecular weight is 317 g/mol. The summed E-state index contributed by atoms with van der Waals surface area (Å²) in [4.78, 5) is 11.3. The number of carbonyl (C=O) groups is 1. The predicted octanol–water partition coefficient (Wildman–Crippen LogP) is 1.25. The van der Waals surface area contributed by atoms with Crippen LogP contribution in [0.1, 0.15) is 11.1 Å². The van der Waals surface area contributed by atoms with Gasteiger partial charge in [0.1, 0.15) is 12.3 Å². The van der Waals surface area contributed by atoms with Crippen molar-refractivity contribution in [3.05, 3.63) is 23.3 Å². The van der Waals surface area contributed by atoms with Gasteiger partial charge in [-0.3, -0.25) is 4.79 Å². The number of hydrogen-bond acceptors (Lipinski definition) is 5. The monoisotopic (exact) mass is 316 g/mol. The van der Waals surface area contributed by atoms with Gasteiger partial charge in [-0.2, -0.15) is 5.26 Å². The van der Waals surface area contributed by atoms with Gasteiger partial charge < -0.3 is 10.1 Å². The van der Waals surface area contributed by atoms with Crippen LogP contribution >= 0.6 is 10.7 Å². The fourth-order valence-corrected chi connectivity index (χ4v) is 2.77. The molecular weight excluding hydrogens is 304 g/mol. The summed E-state index contributed by atoms with van der Waals surface area (Å²) >= 11 is 0. The molecule has 0 saturated heterocycles. The Bertz CT molecular complexity index is 665. The fraction of sp³-hybridized carbons (Fsp3) is 0.333. The van der Waals surface area contributed by atoms with Crippen molar-refractivity contribution >= 4 is 25.6 Å². The Labute approximate surface area is 121 Å². The van der Waals surface area contributed by atoms with Crippen LogP contribution in [0, 0.1) is 25.2 Å². The van der Waals surface area contributed by atoms with E-state index in [4.69, 9.17) is 20.7 Å². The van der Waals surface area contributed by atoms with E-state index < -0.39 is 15.0 Å². The Morgan fingerprint density at radius 1 is 1.40 bits per heavy atom. The summed E-state index contributed by atoms with van der Waals surface area (Å²) < 4.78 is 27.9. The molecule has 1 N–H and O–H groups in total. The predicted molar refractivity (Wildman–Crippen MR) is 73.1 cm³/mol. The van der Waals surface area contributed by atoms with Gasteiger partial charge >= 0.3 is 0 Å². The summed E-state index contributed by atoms with van der Waals surface area (Å²) in [5.74, 6) is -0.0451. The zero-order valence-corrected chi connectivity index (χ0v) is 12.5. The van der Waals surface area contributed by atoms with Gasteiger partial charge in [0.2, 0.25) is 0 Å². The third-order valence-electron chi connectivity index (χ3n) is 2.46. The molecule has 1 rings (SSSR count). The molecule has 8 heteroatoms. The molecule has 0 aliphatic carbocycles. The quantitative estimate of drug-likeness (QED) is 0.651. The summed E-state index contributed by atoms with van der Waals surface area (Å²) in [5, 5.41) is 10.6. The first-order chi connectivity index (χ1) is 9.25. The highest BCUT2D eigenvalue weighted by atomic mass is 35.7. The van der Waals surface area contributed by atoms with Crippen LogP contribution in [0.2, 0.25) is 0 Å². The molecule has 1 amide bonds. The minimum absolute atomic E-state index is 0.0120. The molecule has 0 unspecified atom stereocenters. The van der Waals surface area contributed by atoms with Gasteiger partial charge in [-0.15, -0.1) is 0 Å². The van der Waals surface area contributed by atoms with Crippen LogP contribution in [-0.2, 0) is 13.8 Å². The molecule has 0 aliphatic rings. The maximum absolute atomic E-state index is 11.3. The lowest BCUT2D eigenvalue weighted by Crippen LogP contribution is -2.29. The number of nitrogens with one attached hydrogen (secondary N) is 1. The number of benzene rings is 1. The molecule has 1 aromatic carbocycles. The van der Waals surface area contributed by atoms with E-state index >= 15 is 0 Å². The zero-order chi connectivity index (χ0) is 15.3. The third-order valence-corrected chi connectivity index (χ3v) is 3.92. The second kappa shape index (κ2) is 6.59. The number of hydrogen-bond donors (Lipinski definition) is 1. The summed E-state index contributed by atoms with van der Waals surface area (Å²) in [5.41, 5.74) is 0.973. The van der Waals surface area contributed by atoms with Crippen molar-refractivity contribution in [1.29, 1.82) is 5.26 Å². The molecule has 108 valence electrons. The maximum atomic E-state index is 11.3. The van der Waals surface area contributed by atoms with E-state index in [1.807, 2.05) is 0 Å². The molecule has 0 heterocycles. The third kappa shape index (κ3) is 4.40. The number of nitrogens with zero attached hydrogens (tertiary/aromatic N) is 1. The topological polar surface area (TPSA) is 96.3 Å². The van der Waals surface area contributed by atoms with E-state index in [1.165, 1.54) is 12.1 Å². The Hall–Kier alpha value is -1.78. The lowest BCUT2D eigenvalue weighted by molar-refractivity contribution is -0.122. The van der Waals surface area contributed by atoms with E-state index in [0.717, 1.165) is 0 Å². The Kier molecular flexibility index (Phi) is 5.36. The molecule has 0 aromatic heterocycles. The van der Waals surface area contributed by atoms with E-state index in [0.29, 0.717) is 16.9 Å². The Morgan fingerprint density at radius 3 is 2.60 bits per heavy atom. The SMILES string of the molecule is Cc1cc(S(=O)(=O)Cl)c(C)cc1OCC(=O)NCC#N. The van der Waals surface area contributed by atoms with E-state index in [1.54, 1.807) is 19.9 Å². The number of nitriles is 1. The molecule has 0 aliphatic heterocycles. The van der Waals surface area contributed by atoms with Gasteiger partial charge in [-0.05, 0) is 37.1 Å². The van der Waals surface area contributed by atoms with Crippen molar-refractivity contribution in [1.82, 2.24) is 5.32 Å². The summed E-state index contributed by atoms with van der Waals surface area (Å²) in [6.45, 7) is 2.88. The van der Waals surface area contributed by atoms with Crippen molar-refractivity contribution < 1.29 is 17.9 Å². The number of amides is 1. The van der Waals surface area contributed by atoms with Crippen LogP contribution in [0.5, 0.6) is 5.75 Å². The second-order valence-electron chi connectivity index (χ2n) is 4.04. The highest BCUT2D eigenvalue weighted by Crippen LogP contribution is 2.27. The number of halogens is 1. The van der Waals surface area contributed by atoms with Crippen LogP contribution in [0.4, 0.5) is 0 Å². The summed E-state index contributed by atoms with van der Waals surface area (Å²) in [7, 11) is 1.49. The average Bonchev–Trinajstić information content (AvgIpc) is 2.35. The first kappa shape index (κ1) is 16.3.